The minimum atomic E-state index is -3.61. The number of alkyl halides is 2. The summed E-state index contributed by atoms with van der Waals surface area (Å²) in [6, 6.07) is 11.1. The number of nitrogens with zero attached hydrogens (tertiary/aromatic N) is 2. The van der Waals surface area contributed by atoms with Crippen LogP contribution in [-0.4, -0.2) is 89.7 Å². The molecule has 2 heterocycles. The predicted molar refractivity (Wildman–Crippen MR) is 193 cm³/mol. The first kappa shape index (κ1) is 40.4. The highest BCUT2D eigenvalue weighted by atomic mass is 19.3. The zero-order chi connectivity index (χ0) is 38.4. The molecule has 1 aromatic heterocycles. The van der Waals surface area contributed by atoms with Crippen molar-refractivity contribution in [3.63, 3.8) is 0 Å². The van der Waals surface area contributed by atoms with E-state index >= 15 is 0 Å². The van der Waals surface area contributed by atoms with Crippen LogP contribution in [0.2, 0.25) is 0 Å². The maximum absolute atomic E-state index is 14.6. The number of rotatable bonds is 18. The summed E-state index contributed by atoms with van der Waals surface area (Å²) in [5.74, 6) is -5.67. The third-order valence-electron chi connectivity index (χ3n) is 8.61. The van der Waals surface area contributed by atoms with Crippen LogP contribution in [0.25, 0.3) is 22.3 Å². The summed E-state index contributed by atoms with van der Waals surface area (Å²) in [5, 5.41) is 4.90. The van der Waals surface area contributed by atoms with Gasteiger partial charge in [0.05, 0.1) is 17.6 Å². The number of ether oxygens (including phenoxy) is 3. The number of halogens is 2. The third-order valence-corrected chi connectivity index (χ3v) is 8.61. The Hall–Kier alpha value is -5.34. The lowest BCUT2D eigenvalue weighted by Gasteiger charge is -2.27. The topological polar surface area (TPSA) is 169 Å². The molecule has 3 atom stereocenters. The molecule has 13 nitrogen and oxygen atoms in total. The molecular formula is C38H47F2N5O8. The number of nitrogens with one attached hydrogen (secondary N) is 3. The average molecular weight is 740 g/mol. The van der Waals surface area contributed by atoms with E-state index in [0.717, 1.165) is 25.7 Å². The highest BCUT2D eigenvalue weighted by Gasteiger charge is 2.37. The monoisotopic (exact) mass is 739 g/mol. The van der Waals surface area contributed by atoms with Gasteiger partial charge in [0, 0.05) is 18.0 Å². The van der Waals surface area contributed by atoms with E-state index in [9.17, 15) is 32.8 Å². The summed E-state index contributed by atoms with van der Waals surface area (Å²) in [4.78, 5) is 72.3. The quantitative estimate of drug-likeness (QED) is 0.0909. The van der Waals surface area contributed by atoms with E-state index in [2.05, 4.69) is 32.3 Å². The van der Waals surface area contributed by atoms with E-state index in [4.69, 9.17) is 9.47 Å². The van der Waals surface area contributed by atoms with Gasteiger partial charge in [0.25, 0.3) is 5.56 Å². The van der Waals surface area contributed by atoms with E-state index in [-0.39, 0.29) is 30.5 Å². The predicted octanol–water partition coefficient (Wildman–Crippen LogP) is 5.14. The second kappa shape index (κ2) is 19.5. The lowest BCUT2D eigenvalue weighted by molar-refractivity contribution is -0.149. The Labute approximate surface area is 306 Å². The molecular weight excluding hydrogens is 692 g/mol. The van der Waals surface area contributed by atoms with Crippen LogP contribution in [0.15, 0.2) is 65.5 Å². The second-order valence-electron chi connectivity index (χ2n) is 12.8. The molecule has 3 N–H and O–H groups in total. The fourth-order valence-electron chi connectivity index (χ4n) is 5.82. The van der Waals surface area contributed by atoms with E-state index in [1.165, 1.54) is 23.1 Å². The number of carbonyl (C=O) groups is 4. The first-order valence-electron chi connectivity index (χ1n) is 17.9. The Morgan fingerprint density at radius 2 is 1.87 bits per heavy atom. The third kappa shape index (κ3) is 11.8. The molecule has 53 heavy (non-hydrogen) atoms. The number of aromatic nitrogens is 2. The van der Waals surface area contributed by atoms with Gasteiger partial charge in [-0.25, -0.2) is 14.6 Å². The SMILES string of the molecule is CCCCC/C=C\C(C)C(NC(=O)C1CCCN1C(=O)CNC(=O)OCC(F)(F)COc1cccc(-c2nc3ccccc3[nH]c2=O)c1)C(=O)OCC. The van der Waals surface area contributed by atoms with Crippen LogP contribution in [0.3, 0.4) is 0 Å². The first-order valence-corrected chi connectivity index (χ1v) is 17.9. The Kier molecular flexibility index (Phi) is 14.9. The number of para-hydroxylation sites is 2. The molecule has 0 radical (unpaired) electrons. The number of aromatic amines is 1. The van der Waals surface area contributed by atoms with E-state index in [1.54, 1.807) is 44.2 Å². The standard InChI is InChI=1S/C38H47F2N5O8/c1-4-6-7-8-9-14-25(3)32(36(49)51-5-2)44-34(47)30-19-13-20-45(30)31(46)22-41-37(50)53-24-38(39,40)23-52-27-16-12-15-26(21-27)33-35(48)43-29-18-11-10-17-28(29)42-33/h9-12,14-18,21,25,30,32H,4-8,13,19-20,22-24H2,1-3H3,(H,41,50)(H,43,48)(H,44,47)/b14-9-. The molecule has 3 amide bonds. The Balaban J connectivity index is 1.25. The molecule has 3 unspecified atom stereocenters. The minimum absolute atomic E-state index is 0.0395. The van der Waals surface area contributed by atoms with Crippen molar-refractivity contribution in [2.45, 2.75) is 77.3 Å². The molecule has 0 saturated carbocycles. The number of unbranched alkanes of at least 4 members (excludes halogenated alkanes) is 3. The molecule has 0 spiro atoms. The molecule has 2 aromatic carbocycles. The summed E-state index contributed by atoms with van der Waals surface area (Å²) in [6.07, 6.45) is 7.46. The van der Waals surface area contributed by atoms with Crippen LogP contribution < -0.4 is 20.9 Å². The molecule has 286 valence electrons. The number of allylic oxidation sites excluding steroid dienone is 1. The molecule has 1 aliphatic heterocycles. The molecule has 1 aliphatic rings. The zero-order valence-corrected chi connectivity index (χ0v) is 30.2. The highest BCUT2D eigenvalue weighted by Crippen LogP contribution is 2.24. The van der Waals surface area contributed by atoms with Crippen LogP contribution >= 0.6 is 0 Å². The molecule has 0 aliphatic carbocycles. The minimum Gasteiger partial charge on any atom is -0.487 e. The van der Waals surface area contributed by atoms with Crippen LogP contribution in [0.5, 0.6) is 5.75 Å². The van der Waals surface area contributed by atoms with Gasteiger partial charge in [0.15, 0.2) is 13.2 Å². The van der Waals surface area contributed by atoms with Gasteiger partial charge >= 0.3 is 18.0 Å². The van der Waals surface area contributed by atoms with Crippen molar-refractivity contribution in [1.29, 1.82) is 0 Å². The van der Waals surface area contributed by atoms with E-state index in [1.807, 2.05) is 12.2 Å². The Morgan fingerprint density at radius 1 is 1.08 bits per heavy atom. The number of hydrogen-bond acceptors (Lipinski definition) is 9. The number of benzene rings is 2. The summed E-state index contributed by atoms with van der Waals surface area (Å²) < 4.78 is 44.4. The second-order valence-corrected chi connectivity index (χ2v) is 12.8. The Bertz CT molecular complexity index is 1820. The van der Waals surface area contributed by atoms with Gasteiger partial charge in [-0.05, 0) is 56.9 Å². The summed E-state index contributed by atoms with van der Waals surface area (Å²) in [7, 11) is 0. The van der Waals surface area contributed by atoms with Gasteiger partial charge in [-0.2, -0.15) is 8.78 Å². The molecule has 0 bridgehead atoms. The van der Waals surface area contributed by atoms with Gasteiger partial charge in [0.1, 0.15) is 30.1 Å². The van der Waals surface area contributed by atoms with Crippen molar-refractivity contribution in [3.8, 4) is 17.0 Å². The zero-order valence-electron chi connectivity index (χ0n) is 30.2. The number of likely N-dealkylation sites (tertiary alicyclic amines) is 1. The van der Waals surface area contributed by atoms with Crippen molar-refractivity contribution in [1.82, 2.24) is 25.5 Å². The fraction of sp³-hybridized carbons (Fsp3) is 0.474. The Morgan fingerprint density at radius 3 is 2.64 bits per heavy atom. The highest BCUT2D eigenvalue weighted by molar-refractivity contribution is 5.92. The van der Waals surface area contributed by atoms with Crippen molar-refractivity contribution >= 4 is 34.9 Å². The number of carbonyl (C=O) groups excluding carboxylic acids is 4. The summed E-state index contributed by atoms with van der Waals surface area (Å²) in [6.45, 7) is 2.86. The van der Waals surface area contributed by atoms with E-state index < -0.39 is 67.2 Å². The van der Waals surface area contributed by atoms with Gasteiger partial charge in [-0.1, -0.05) is 63.1 Å². The molecule has 15 heteroatoms. The van der Waals surface area contributed by atoms with Gasteiger partial charge in [0.2, 0.25) is 11.8 Å². The van der Waals surface area contributed by atoms with Gasteiger partial charge in [-0.3, -0.25) is 14.4 Å². The van der Waals surface area contributed by atoms with E-state index in [0.29, 0.717) is 29.4 Å². The summed E-state index contributed by atoms with van der Waals surface area (Å²) >= 11 is 0. The lowest BCUT2D eigenvalue weighted by Crippen LogP contribution is -2.54. The molecule has 4 rings (SSSR count). The van der Waals surface area contributed by atoms with Crippen molar-refractivity contribution in [3.05, 3.63) is 71.0 Å². The van der Waals surface area contributed by atoms with Gasteiger partial charge < -0.3 is 34.7 Å². The van der Waals surface area contributed by atoms with Crippen molar-refractivity contribution in [2.75, 3.05) is 32.9 Å². The number of hydrogen-bond donors (Lipinski definition) is 3. The molecule has 1 saturated heterocycles. The van der Waals surface area contributed by atoms with Crippen LogP contribution in [-0.2, 0) is 23.9 Å². The smallest absolute Gasteiger partial charge is 0.407 e. The molecule has 3 aromatic rings. The average Bonchev–Trinajstić information content (AvgIpc) is 3.65. The number of esters is 1. The van der Waals surface area contributed by atoms with Crippen molar-refractivity contribution < 1.29 is 42.2 Å². The maximum Gasteiger partial charge on any atom is 0.407 e. The normalized spacial score (nSPS) is 15.6. The first-order chi connectivity index (χ1) is 25.4. The lowest BCUT2D eigenvalue weighted by atomic mass is 9.99. The van der Waals surface area contributed by atoms with Crippen molar-refractivity contribution in [2.24, 2.45) is 5.92 Å². The molecule has 1 fully saturated rings. The van der Waals surface area contributed by atoms with Crippen LogP contribution in [0.4, 0.5) is 13.6 Å². The number of amides is 3. The van der Waals surface area contributed by atoms with Crippen LogP contribution in [0, 0.1) is 5.92 Å². The number of H-pyrrole nitrogens is 1. The maximum atomic E-state index is 14.6. The van der Waals surface area contributed by atoms with Gasteiger partial charge in [-0.15, -0.1) is 0 Å². The fourth-order valence-corrected chi connectivity index (χ4v) is 5.82. The largest absolute Gasteiger partial charge is 0.487 e. The number of alkyl carbamates (subject to hydrolysis) is 1. The number of fused-ring (bicyclic) bond motifs is 1. The summed E-state index contributed by atoms with van der Waals surface area (Å²) in [5.41, 5.74) is 1.09. The van der Waals surface area contributed by atoms with Crippen LogP contribution in [0.1, 0.15) is 59.3 Å².